The molecule has 1 aliphatic rings. The van der Waals surface area contributed by atoms with Crippen molar-refractivity contribution in [3.63, 3.8) is 0 Å². The predicted molar refractivity (Wildman–Crippen MR) is 112 cm³/mol. The molecule has 2 aromatic rings. The summed E-state index contributed by atoms with van der Waals surface area (Å²) in [5.74, 6) is 0. The zero-order chi connectivity index (χ0) is 19.8. The number of ether oxygens (including phenoxy) is 2. The Morgan fingerprint density at radius 3 is 2.71 bits per heavy atom. The van der Waals surface area contributed by atoms with E-state index in [2.05, 4.69) is 36.9 Å². The third-order valence-corrected chi connectivity index (χ3v) is 5.27. The fourth-order valence-electron chi connectivity index (χ4n) is 3.78. The van der Waals surface area contributed by atoms with Crippen LogP contribution in [0.15, 0.2) is 48.5 Å². The van der Waals surface area contributed by atoms with E-state index in [1.54, 1.807) is 0 Å². The Labute approximate surface area is 169 Å². The number of hydrogen-bond acceptors (Lipinski definition) is 4. The second-order valence-electron chi connectivity index (χ2n) is 7.91. The third-order valence-electron chi connectivity index (χ3n) is 5.27. The van der Waals surface area contributed by atoms with Crippen molar-refractivity contribution >= 4 is 0 Å². The highest BCUT2D eigenvalue weighted by molar-refractivity contribution is 5.30. The van der Waals surface area contributed by atoms with Gasteiger partial charge in [-0.25, -0.2) is 0 Å². The molecule has 2 atom stereocenters. The van der Waals surface area contributed by atoms with Crippen LogP contribution in [0.2, 0.25) is 0 Å². The molecule has 1 aliphatic heterocycles. The van der Waals surface area contributed by atoms with Gasteiger partial charge in [-0.3, -0.25) is 4.90 Å². The van der Waals surface area contributed by atoms with Gasteiger partial charge in [-0.15, -0.1) is 0 Å². The van der Waals surface area contributed by atoms with Crippen molar-refractivity contribution in [3.8, 4) is 0 Å². The Balaban J connectivity index is 1.54. The number of aryl methyl sites for hydroxylation is 2. The molecule has 0 bridgehead atoms. The summed E-state index contributed by atoms with van der Waals surface area (Å²) in [6.45, 7) is 8.25. The van der Waals surface area contributed by atoms with Gasteiger partial charge in [0.25, 0.3) is 0 Å². The molecule has 0 saturated carbocycles. The molecule has 0 spiro atoms. The van der Waals surface area contributed by atoms with Crippen LogP contribution in [0.3, 0.4) is 0 Å². The van der Waals surface area contributed by atoms with Crippen molar-refractivity contribution in [2.24, 2.45) is 0 Å². The summed E-state index contributed by atoms with van der Waals surface area (Å²) in [7, 11) is 0. The lowest BCUT2D eigenvalue weighted by molar-refractivity contribution is -0.00291. The molecule has 0 unspecified atom stereocenters. The SMILES string of the molecule is Cc1ccc(CN(C[C@@H](O)COCc2ccccc2)C[C@H]2CCCO2)c(C)c1. The highest BCUT2D eigenvalue weighted by Gasteiger charge is 2.21. The van der Waals surface area contributed by atoms with Crippen molar-refractivity contribution in [1.82, 2.24) is 4.90 Å². The number of hydrogen-bond donors (Lipinski definition) is 1. The Bertz CT molecular complexity index is 713. The van der Waals surface area contributed by atoms with E-state index in [-0.39, 0.29) is 6.10 Å². The van der Waals surface area contributed by atoms with E-state index in [1.165, 1.54) is 16.7 Å². The first-order valence-corrected chi connectivity index (χ1v) is 10.3. The minimum Gasteiger partial charge on any atom is -0.389 e. The van der Waals surface area contributed by atoms with Gasteiger partial charge in [0.1, 0.15) is 0 Å². The van der Waals surface area contributed by atoms with Crippen molar-refractivity contribution < 1.29 is 14.6 Å². The van der Waals surface area contributed by atoms with E-state index in [0.717, 1.165) is 38.1 Å². The summed E-state index contributed by atoms with van der Waals surface area (Å²) in [5.41, 5.74) is 5.01. The largest absolute Gasteiger partial charge is 0.389 e. The molecule has 3 rings (SSSR count). The van der Waals surface area contributed by atoms with Gasteiger partial charge in [0.05, 0.1) is 25.4 Å². The molecule has 1 heterocycles. The summed E-state index contributed by atoms with van der Waals surface area (Å²) < 4.78 is 11.6. The molecule has 0 aliphatic carbocycles. The zero-order valence-corrected chi connectivity index (χ0v) is 17.1. The van der Waals surface area contributed by atoms with E-state index >= 15 is 0 Å². The lowest BCUT2D eigenvalue weighted by Crippen LogP contribution is -2.39. The minimum absolute atomic E-state index is 0.267. The number of aliphatic hydroxyl groups is 1. The average molecular weight is 384 g/mol. The first-order chi connectivity index (χ1) is 13.6. The number of rotatable bonds is 10. The van der Waals surface area contributed by atoms with Crippen molar-refractivity contribution in [2.75, 3.05) is 26.3 Å². The van der Waals surface area contributed by atoms with Crippen LogP contribution in [0.1, 0.15) is 35.1 Å². The molecular formula is C24H33NO3. The Hall–Kier alpha value is -1.72. The fourth-order valence-corrected chi connectivity index (χ4v) is 3.78. The molecule has 0 radical (unpaired) electrons. The van der Waals surface area contributed by atoms with Gasteiger partial charge in [-0.05, 0) is 43.4 Å². The van der Waals surface area contributed by atoms with E-state index in [4.69, 9.17) is 9.47 Å². The van der Waals surface area contributed by atoms with Crippen LogP contribution in [-0.4, -0.2) is 48.5 Å². The van der Waals surface area contributed by atoms with Crippen LogP contribution in [0.4, 0.5) is 0 Å². The molecular weight excluding hydrogens is 350 g/mol. The number of benzene rings is 2. The molecule has 1 saturated heterocycles. The summed E-state index contributed by atoms with van der Waals surface area (Å²) in [6, 6.07) is 16.7. The van der Waals surface area contributed by atoms with E-state index in [1.807, 2.05) is 30.3 Å². The van der Waals surface area contributed by atoms with Gasteiger partial charge >= 0.3 is 0 Å². The molecule has 4 nitrogen and oxygen atoms in total. The van der Waals surface area contributed by atoms with Gasteiger partial charge in [-0.2, -0.15) is 0 Å². The molecule has 152 valence electrons. The standard InChI is InChI=1S/C24H33NO3/c1-19-10-11-22(20(2)13-19)14-25(16-24-9-6-12-28-24)15-23(26)18-27-17-21-7-4-3-5-8-21/h3-5,7-8,10-11,13,23-24,26H,6,9,12,14-18H2,1-2H3/t23-,24-/m1/s1. The Morgan fingerprint density at radius 2 is 2.00 bits per heavy atom. The maximum atomic E-state index is 10.6. The van der Waals surface area contributed by atoms with Crippen LogP contribution in [0.25, 0.3) is 0 Å². The summed E-state index contributed by atoms with van der Waals surface area (Å²) in [5, 5.41) is 10.6. The summed E-state index contributed by atoms with van der Waals surface area (Å²) in [4.78, 5) is 2.31. The topological polar surface area (TPSA) is 41.9 Å². The van der Waals surface area contributed by atoms with Crippen LogP contribution in [0.5, 0.6) is 0 Å². The van der Waals surface area contributed by atoms with E-state index < -0.39 is 6.10 Å². The van der Waals surface area contributed by atoms with Gasteiger partial charge in [0.15, 0.2) is 0 Å². The second-order valence-corrected chi connectivity index (χ2v) is 7.91. The van der Waals surface area contributed by atoms with E-state index in [0.29, 0.717) is 19.8 Å². The smallest absolute Gasteiger partial charge is 0.0900 e. The fraction of sp³-hybridized carbons (Fsp3) is 0.500. The summed E-state index contributed by atoms with van der Waals surface area (Å²) >= 11 is 0. The Morgan fingerprint density at radius 1 is 1.18 bits per heavy atom. The third kappa shape index (κ3) is 6.71. The predicted octanol–water partition coefficient (Wildman–Crippen LogP) is 3.86. The molecule has 4 heteroatoms. The molecule has 0 aromatic heterocycles. The van der Waals surface area contributed by atoms with Crippen LogP contribution in [0, 0.1) is 13.8 Å². The van der Waals surface area contributed by atoms with Gasteiger partial charge < -0.3 is 14.6 Å². The van der Waals surface area contributed by atoms with Gasteiger partial charge in [0, 0.05) is 26.2 Å². The van der Waals surface area contributed by atoms with Crippen LogP contribution >= 0.6 is 0 Å². The van der Waals surface area contributed by atoms with Crippen LogP contribution < -0.4 is 0 Å². The normalized spacial score (nSPS) is 17.9. The van der Waals surface area contributed by atoms with E-state index in [9.17, 15) is 5.11 Å². The highest BCUT2D eigenvalue weighted by Crippen LogP contribution is 2.18. The number of nitrogens with zero attached hydrogens (tertiary/aromatic N) is 1. The highest BCUT2D eigenvalue weighted by atomic mass is 16.5. The zero-order valence-electron chi connectivity index (χ0n) is 17.1. The molecule has 0 amide bonds. The maximum absolute atomic E-state index is 10.6. The first kappa shape index (κ1) is 21.0. The molecule has 1 N–H and O–H groups in total. The molecule has 28 heavy (non-hydrogen) atoms. The van der Waals surface area contributed by atoms with Crippen molar-refractivity contribution in [3.05, 3.63) is 70.8 Å². The molecule has 2 aromatic carbocycles. The van der Waals surface area contributed by atoms with Gasteiger partial charge in [0.2, 0.25) is 0 Å². The van der Waals surface area contributed by atoms with Crippen molar-refractivity contribution in [1.29, 1.82) is 0 Å². The van der Waals surface area contributed by atoms with Gasteiger partial charge in [-0.1, -0.05) is 54.1 Å². The second kappa shape index (κ2) is 10.7. The quantitative estimate of drug-likeness (QED) is 0.676. The maximum Gasteiger partial charge on any atom is 0.0900 e. The minimum atomic E-state index is -0.518. The van der Waals surface area contributed by atoms with Crippen molar-refractivity contribution in [2.45, 2.75) is 52.0 Å². The van der Waals surface area contributed by atoms with Crippen LogP contribution in [-0.2, 0) is 22.6 Å². The first-order valence-electron chi connectivity index (χ1n) is 10.3. The Kier molecular flexibility index (Phi) is 8.04. The summed E-state index contributed by atoms with van der Waals surface area (Å²) in [6.07, 6.45) is 1.98. The monoisotopic (exact) mass is 383 g/mol. The average Bonchev–Trinajstić information content (AvgIpc) is 3.18. The number of aliphatic hydroxyl groups excluding tert-OH is 1. The lowest BCUT2D eigenvalue weighted by Gasteiger charge is -2.28. The lowest BCUT2D eigenvalue weighted by atomic mass is 10.0. The molecule has 1 fully saturated rings.